The van der Waals surface area contributed by atoms with Gasteiger partial charge in [0.2, 0.25) is 0 Å². The highest BCUT2D eigenvalue weighted by Crippen LogP contribution is 2.30. The topological polar surface area (TPSA) is 56.0 Å². The Balaban J connectivity index is 1.89. The van der Waals surface area contributed by atoms with E-state index in [1.807, 2.05) is 6.07 Å². The molecule has 1 aromatic rings. The fraction of sp³-hybridized carbons (Fsp3) is 0.462. The SMILES string of the molecule is N#Cc1cc(CNCC2(O)CCC2)ccc1F. The average Bonchev–Trinajstić information content (AvgIpc) is 2.29. The number of nitrogens with one attached hydrogen (secondary N) is 1. The lowest BCUT2D eigenvalue weighted by molar-refractivity contribution is -0.0314. The van der Waals surface area contributed by atoms with Gasteiger partial charge in [0.15, 0.2) is 0 Å². The summed E-state index contributed by atoms with van der Waals surface area (Å²) in [6.07, 6.45) is 2.76. The third kappa shape index (κ3) is 2.82. The van der Waals surface area contributed by atoms with Gasteiger partial charge in [0.05, 0.1) is 11.2 Å². The summed E-state index contributed by atoms with van der Waals surface area (Å²) in [4.78, 5) is 0. The first-order valence-corrected chi connectivity index (χ1v) is 5.75. The third-order valence-electron chi connectivity index (χ3n) is 3.22. The monoisotopic (exact) mass is 234 g/mol. The minimum Gasteiger partial charge on any atom is -0.389 e. The Morgan fingerprint density at radius 1 is 1.47 bits per heavy atom. The van der Waals surface area contributed by atoms with Gasteiger partial charge in [-0.1, -0.05) is 6.07 Å². The molecule has 1 saturated carbocycles. The van der Waals surface area contributed by atoms with E-state index in [4.69, 9.17) is 5.26 Å². The second kappa shape index (κ2) is 4.82. The van der Waals surface area contributed by atoms with E-state index < -0.39 is 11.4 Å². The number of nitriles is 1. The number of halogens is 1. The van der Waals surface area contributed by atoms with Gasteiger partial charge < -0.3 is 10.4 Å². The summed E-state index contributed by atoms with van der Waals surface area (Å²) in [7, 11) is 0. The van der Waals surface area contributed by atoms with Crippen molar-refractivity contribution in [2.24, 2.45) is 0 Å². The lowest BCUT2D eigenvalue weighted by Crippen LogP contribution is -2.45. The molecule has 0 atom stereocenters. The summed E-state index contributed by atoms with van der Waals surface area (Å²) >= 11 is 0. The van der Waals surface area contributed by atoms with Crippen LogP contribution in [0.1, 0.15) is 30.4 Å². The van der Waals surface area contributed by atoms with E-state index in [1.54, 1.807) is 6.07 Å². The van der Waals surface area contributed by atoms with Crippen molar-refractivity contribution in [2.75, 3.05) is 6.54 Å². The first kappa shape index (κ1) is 12.0. The molecule has 1 fully saturated rings. The molecule has 0 radical (unpaired) electrons. The average molecular weight is 234 g/mol. The maximum Gasteiger partial charge on any atom is 0.140 e. The molecule has 0 aromatic heterocycles. The molecule has 90 valence electrons. The number of benzene rings is 1. The van der Waals surface area contributed by atoms with Crippen molar-refractivity contribution in [3.63, 3.8) is 0 Å². The number of nitrogens with zero attached hydrogens (tertiary/aromatic N) is 1. The second-order valence-electron chi connectivity index (χ2n) is 4.61. The van der Waals surface area contributed by atoms with Crippen molar-refractivity contribution >= 4 is 0 Å². The van der Waals surface area contributed by atoms with Crippen LogP contribution in [-0.4, -0.2) is 17.3 Å². The zero-order valence-electron chi connectivity index (χ0n) is 9.54. The predicted molar refractivity (Wildman–Crippen MR) is 61.6 cm³/mol. The van der Waals surface area contributed by atoms with E-state index in [2.05, 4.69) is 5.32 Å². The maximum absolute atomic E-state index is 13.1. The molecule has 1 aliphatic rings. The van der Waals surface area contributed by atoms with E-state index in [0.717, 1.165) is 24.8 Å². The fourth-order valence-corrected chi connectivity index (χ4v) is 1.97. The Bertz CT molecular complexity index is 449. The van der Waals surface area contributed by atoms with Gasteiger partial charge in [-0.3, -0.25) is 0 Å². The Hall–Kier alpha value is -1.44. The number of hydrogen-bond acceptors (Lipinski definition) is 3. The molecule has 0 bridgehead atoms. The van der Waals surface area contributed by atoms with Crippen LogP contribution in [0.25, 0.3) is 0 Å². The number of aliphatic hydroxyl groups is 1. The van der Waals surface area contributed by atoms with Crippen molar-refractivity contribution in [1.82, 2.24) is 5.32 Å². The van der Waals surface area contributed by atoms with Crippen LogP contribution in [0.5, 0.6) is 0 Å². The molecule has 0 saturated heterocycles. The van der Waals surface area contributed by atoms with Crippen molar-refractivity contribution in [2.45, 2.75) is 31.4 Å². The molecule has 0 unspecified atom stereocenters. The van der Waals surface area contributed by atoms with Crippen LogP contribution in [0.4, 0.5) is 4.39 Å². The summed E-state index contributed by atoms with van der Waals surface area (Å²) in [5, 5.41) is 21.7. The van der Waals surface area contributed by atoms with E-state index in [1.165, 1.54) is 12.1 Å². The second-order valence-corrected chi connectivity index (χ2v) is 4.61. The van der Waals surface area contributed by atoms with Gasteiger partial charge in [-0.05, 0) is 37.0 Å². The van der Waals surface area contributed by atoms with Gasteiger partial charge in [0.1, 0.15) is 11.9 Å². The molecule has 4 heteroatoms. The van der Waals surface area contributed by atoms with Crippen LogP contribution in [0, 0.1) is 17.1 Å². The first-order chi connectivity index (χ1) is 8.13. The minimum absolute atomic E-state index is 0.0617. The normalized spacial score (nSPS) is 17.2. The predicted octanol–water partition coefficient (Wildman–Crippen LogP) is 1.70. The molecule has 0 spiro atoms. The molecule has 0 heterocycles. The van der Waals surface area contributed by atoms with Crippen LogP contribution >= 0.6 is 0 Å². The van der Waals surface area contributed by atoms with Gasteiger partial charge >= 0.3 is 0 Å². The van der Waals surface area contributed by atoms with Crippen LogP contribution in [0.2, 0.25) is 0 Å². The first-order valence-electron chi connectivity index (χ1n) is 5.75. The number of hydrogen-bond donors (Lipinski definition) is 2. The van der Waals surface area contributed by atoms with Crippen molar-refractivity contribution in [3.8, 4) is 6.07 Å². The summed E-state index contributed by atoms with van der Waals surface area (Å²) < 4.78 is 13.1. The molecule has 17 heavy (non-hydrogen) atoms. The highest BCUT2D eigenvalue weighted by atomic mass is 19.1. The molecule has 2 N–H and O–H groups in total. The van der Waals surface area contributed by atoms with Crippen LogP contribution in [0.3, 0.4) is 0 Å². The Morgan fingerprint density at radius 3 is 2.82 bits per heavy atom. The highest BCUT2D eigenvalue weighted by Gasteiger charge is 2.33. The van der Waals surface area contributed by atoms with Crippen LogP contribution in [0.15, 0.2) is 18.2 Å². The molecular weight excluding hydrogens is 219 g/mol. The van der Waals surface area contributed by atoms with E-state index >= 15 is 0 Å². The largest absolute Gasteiger partial charge is 0.389 e. The fourth-order valence-electron chi connectivity index (χ4n) is 1.97. The van der Waals surface area contributed by atoms with Gasteiger partial charge in [-0.25, -0.2) is 4.39 Å². The summed E-state index contributed by atoms with van der Waals surface area (Å²) in [6.45, 7) is 1.09. The smallest absolute Gasteiger partial charge is 0.140 e. The molecule has 1 aromatic carbocycles. The summed E-state index contributed by atoms with van der Waals surface area (Å²) in [6, 6.07) is 6.29. The zero-order chi connectivity index (χ0) is 12.3. The Kier molecular flexibility index (Phi) is 3.41. The van der Waals surface area contributed by atoms with Crippen molar-refractivity contribution < 1.29 is 9.50 Å². The molecular formula is C13H15FN2O. The quantitative estimate of drug-likeness (QED) is 0.833. The Labute approximate surface area is 99.9 Å². The highest BCUT2D eigenvalue weighted by molar-refractivity contribution is 5.34. The molecule has 2 rings (SSSR count). The van der Waals surface area contributed by atoms with Crippen LogP contribution in [-0.2, 0) is 6.54 Å². The lowest BCUT2D eigenvalue weighted by Gasteiger charge is -2.36. The summed E-state index contributed by atoms with van der Waals surface area (Å²) in [5.41, 5.74) is 0.357. The Morgan fingerprint density at radius 2 is 2.24 bits per heavy atom. The van der Waals surface area contributed by atoms with Gasteiger partial charge in [-0.15, -0.1) is 0 Å². The molecule has 1 aliphatic carbocycles. The maximum atomic E-state index is 13.1. The third-order valence-corrected chi connectivity index (χ3v) is 3.22. The van der Waals surface area contributed by atoms with Crippen molar-refractivity contribution in [3.05, 3.63) is 35.1 Å². The molecule has 3 nitrogen and oxygen atoms in total. The van der Waals surface area contributed by atoms with E-state index in [-0.39, 0.29) is 5.56 Å². The van der Waals surface area contributed by atoms with Gasteiger partial charge in [0.25, 0.3) is 0 Å². The van der Waals surface area contributed by atoms with Gasteiger partial charge in [-0.2, -0.15) is 5.26 Å². The summed E-state index contributed by atoms with van der Waals surface area (Å²) in [5.74, 6) is -0.492. The van der Waals surface area contributed by atoms with E-state index in [9.17, 15) is 9.50 Å². The van der Waals surface area contributed by atoms with Crippen molar-refractivity contribution in [1.29, 1.82) is 5.26 Å². The van der Waals surface area contributed by atoms with E-state index in [0.29, 0.717) is 13.1 Å². The molecule has 0 aliphatic heterocycles. The minimum atomic E-state index is -0.557. The van der Waals surface area contributed by atoms with Gasteiger partial charge in [0, 0.05) is 13.1 Å². The molecule has 0 amide bonds. The number of rotatable bonds is 4. The zero-order valence-corrected chi connectivity index (χ0v) is 9.54. The van der Waals surface area contributed by atoms with Crippen LogP contribution < -0.4 is 5.32 Å². The standard InChI is InChI=1S/C13H15FN2O/c14-12-3-2-10(6-11(12)7-15)8-16-9-13(17)4-1-5-13/h2-3,6,16-17H,1,4-5,8-9H2. The lowest BCUT2D eigenvalue weighted by atomic mass is 9.80.